The molecule has 1 aromatic carbocycles. The van der Waals surface area contributed by atoms with E-state index in [0.717, 1.165) is 33.1 Å². The highest BCUT2D eigenvalue weighted by Gasteiger charge is 2.15. The minimum atomic E-state index is -0.0581. The lowest BCUT2D eigenvalue weighted by atomic mass is 10.0. The Kier molecular flexibility index (Phi) is 1.85. The average molecular weight is 266 g/mol. The van der Waals surface area contributed by atoms with Gasteiger partial charge in [-0.1, -0.05) is 0 Å². The van der Waals surface area contributed by atoms with Gasteiger partial charge in [-0.2, -0.15) is 0 Å². The summed E-state index contributed by atoms with van der Waals surface area (Å²) in [6.07, 6.45) is 0.796. The summed E-state index contributed by atoms with van der Waals surface area (Å²) in [6.45, 7) is 0.646. The molecule has 3 rings (SSSR count). The number of rotatable bonds is 0. The predicted molar refractivity (Wildman–Crippen MR) is 61.5 cm³/mol. The SMILES string of the molecule is O=c1cc2c3c(ccc(Br)c3[nH]1)OCC2. The molecule has 0 aliphatic carbocycles. The summed E-state index contributed by atoms with van der Waals surface area (Å²) < 4.78 is 6.44. The molecule has 1 aliphatic heterocycles. The molecule has 2 heterocycles. The summed E-state index contributed by atoms with van der Waals surface area (Å²) in [7, 11) is 0. The number of H-pyrrole nitrogens is 1. The molecule has 0 spiro atoms. The lowest BCUT2D eigenvalue weighted by molar-refractivity contribution is 0.318. The number of hydrogen-bond donors (Lipinski definition) is 1. The maximum Gasteiger partial charge on any atom is 0.248 e. The summed E-state index contributed by atoms with van der Waals surface area (Å²) in [5, 5.41) is 1.02. The van der Waals surface area contributed by atoms with Crippen LogP contribution in [0.2, 0.25) is 0 Å². The number of aromatic amines is 1. The zero-order chi connectivity index (χ0) is 10.4. The highest BCUT2D eigenvalue weighted by atomic mass is 79.9. The number of halogens is 1. The second-order valence-corrected chi connectivity index (χ2v) is 4.41. The van der Waals surface area contributed by atoms with Crippen molar-refractivity contribution in [1.82, 2.24) is 4.98 Å². The molecule has 0 bridgehead atoms. The van der Waals surface area contributed by atoms with E-state index in [4.69, 9.17) is 4.74 Å². The Morgan fingerprint density at radius 1 is 1.40 bits per heavy atom. The molecule has 0 amide bonds. The summed E-state index contributed by atoms with van der Waals surface area (Å²) >= 11 is 3.43. The Bertz CT molecular complexity index is 603. The van der Waals surface area contributed by atoms with Gasteiger partial charge >= 0.3 is 0 Å². The van der Waals surface area contributed by atoms with Crippen LogP contribution >= 0.6 is 15.9 Å². The molecule has 0 unspecified atom stereocenters. The molecule has 0 saturated heterocycles. The molecule has 3 nitrogen and oxygen atoms in total. The van der Waals surface area contributed by atoms with Gasteiger partial charge in [-0.25, -0.2) is 0 Å². The first-order valence-electron chi connectivity index (χ1n) is 4.73. The molecular weight excluding hydrogens is 258 g/mol. The Balaban J connectivity index is 2.56. The van der Waals surface area contributed by atoms with Crippen LogP contribution in [0.15, 0.2) is 27.5 Å². The van der Waals surface area contributed by atoms with Crippen molar-refractivity contribution in [2.24, 2.45) is 0 Å². The van der Waals surface area contributed by atoms with E-state index in [0.29, 0.717) is 6.61 Å². The number of benzene rings is 1. The first kappa shape index (κ1) is 8.97. The molecule has 1 N–H and O–H groups in total. The highest BCUT2D eigenvalue weighted by Crippen LogP contribution is 2.34. The van der Waals surface area contributed by atoms with Crippen LogP contribution in [0.4, 0.5) is 0 Å². The van der Waals surface area contributed by atoms with Crippen LogP contribution in [0.3, 0.4) is 0 Å². The lowest BCUT2D eigenvalue weighted by Gasteiger charge is -2.18. The van der Waals surface area contributed by atoms with Gasteiger partial charge in [-0.15, -0.1) is 0 Å². The third-order valence-corrected chi connectivity index (χ3v) is 3.28. The molecule has 4 heteroatoms. The van der Waals surface area contributed by atoms with Crippen molar-refractivity contribution in [2.75, 3.05) is 6.61 Å². The van der Waals surface area contributed by atoms with Crippen molar-refractivity contribution < 1.29 is 4.74 Å². The van der Waals surface area contributed by atoms with Crippen LogP contribution in [-0.4, -0.2) is 11.6 Å². The maximum absolute atomic E-state index is 11.4. The highest BCUT2D eigenvalue weighted by molar-refractivity contribution is 9.10. The van der Waals surface area contributed by atoms with Crippen molar-refractivity contribution in [3.05, 3.63) is 38.6 Å². The minimum absolute atomic E-state index is 0.0581. The number of pyridine rings is 1. The predicted octanol–water partition coefficient (Wildman–Crippen LogP) is 2.23. The van der Waals surface area contributed by atoms with E-state index in [1.165, 1.54) is 0 Å². The van der Waals surface area contributed by atoms with Crippen molar-refractivity contribution in [3.8, 4) is 5.75 Å². The molecular formula is C11H8BrNO2. The summed E-state index contributed by atoms with van der Waals surface area (Å²) in [4.78, 5) is 14.3. The van der Waals surface area contributed by atoms with E-state index in [9.17, 15) is 4.79 Å². The third kappa shape index (κ3) is 1.28. The first-order valence-corrected chi connectivity index (χ1v) is 5.52. The van der Waals surface area contributed by atoms with Crippen LogP contribution in [0.1, 0.15) is 5.56 Å². The number of nitrogens with one attached hydrogen (secondary N) is 1. The quantitative estimate of drug-likeness (QED) is 0.794. The van der Waals surface area contributed by atoms with Gasteiger partial charge < -0.3 is 9.72 Å². The molecule has 0 atom stereocenters. The van der Waals surface area contributed by atoms with Gasteiger partial charge in [0, 0.05) is 22.3 Å². The molecule has 1 aliphatic rings. The summed E-state index contributed by atoms with van der Waals surface area (Å²) in [5.74, 6) is 0.852. The van der Waals surface area contributed by atoms with Crippen LogP contribution in [0, 0.1) is 0 Å². The fraction of sp³-hybridized carbons (Fsp3) is 0.182. The second-order valence-electron chi connectivity index (χ2n) is 3.55. The van der Waals surface area contributed by atoms with Gasteiger partial charge in [0.1, 0.15) is 5.75 Å². The Morgan fingerprint density at radius 3 is 3.13 bits per heavy atom. The average Bonchev–Trinajstić information content (AvgIpc) is 2.23. The molecule has 0 radical (unpaired) electrons. The smallest absolute Gasteiger partial charge is 0.248 e. The van der Waals surface area contributed by atoms with Crippen molar-refractivity contribution in [2.45, 2.75) is 6.42 Å². The van der Waals surface area contributed by atoms with Crippen LogP contribution in [0.5, 0.6) is 5.75 Å². The van der Waals surface area contributed by atoms with E-state index in [-0.39, 0.29) is 5.56 Å². The van der Waals surface area contributed by atoms with Gasteiger partial charge in [0.2, 0.25) is 5.56 Å². The number of hydrogen-bond acceptors (Lipinski definition) is 2. The fourth-order valence-corrected chi connectivity index (χ4v) is 2.41. The molecule has 0 fully saturated rings. The lowest BCUT2D eigenvalue weighted by Crippen LogP contribution is -2.14. The van der Waals surface area contributed by atoms with E-state index in [2.05, 4.69) is 20.9 Å². The second kappa shape index (κ2) is 3.10. The fourth-order valence-electron chi connectivity index (χ4n) is 1.98. The Hall–Kier alpha value is -1.29. The first-order chi connectivity index (χ1) is 7.25. The van der Waals surface area contributed by atoms with Gasteiger partial charge in [0.05, 0.1) is 12.1 Å². The Labute approximate surface area is 94.2 Å². The standard InChI is InChI=1S/C11H8BrNO2/c12-7-1-2-8-10-6(3-4-15-8)5-9(14)13-11(7)10/h1-2,5H,3-4H2,(H,13,14). The van der Waals surface area contributed by atoms with E-state index in [1.807, 2.05) is 12.1 Å². The molecule has 76 valence electrons. The van der Waals surface area contributed by atoms with Gasteiger partial charge in [0.15, 0.2) is 0 Å². The van der Waals surface area contributed by atoms with Gasteiger partial charge in [-0.05, 0) is 33.6 Å². The van der Waals surface area contributed by atoms with Gasteiger partial charge in [-0.3, -0.25) is 4.79 Å². The van der Waals surface area contributed by atoms with E-state index in [1.54, 1.807) is 6.07 Å². The van der Waals surface area contributed by atoms with Gasteiger partial charge in [0.25, 0.3) is 0 Å². The molecule has 0 saturated carbocycles. The normalized spacial score (nSPS) is 13.9. The summed E-state index contributed by atoms with van der Waals surface area (Å²) in [6, 6.07) is 5.47. The van der Waals surface area contributed by atoms with Crippen LogP contribution in [0.25, 0.3) is 10.9 Å². The number of ether oxygens (including phenoxy) is 1. The van der Waals surface area contributed by atoms with Crippen molar-refractivity contribution in [1.29, 1.82) is 0 Å². The third-order valence-electron chi connectivity index (χ3n) is 2.62. The maximum atomic E-state index is 11.4. The van der Waals surface area contributed by atoms with Crippen LogP contribution < -0.4 is 10.3 Å². The van der Waals surface area contributed by atoms with Crippen molar-refractivity contribution >= 4 is 26.8 Å². The molecule has 2 aromatic rings. The minimum Gasteiger partial charge on any atom is -0.493 e. The Morgan fingerprint density at radius 2 is 2.27 bits per heavy atom. The monoisotopic (exact) mass is 265 g/mol. The zero-order valence-electron chi connectivity index (χ0n) is 7.84. The summed E-state index contributed by atoms with van der Waals surface area (Å²) in [5.41, 5.74) is 1.84. The zero-order valence-corrected chi connectivity index (χ0v) is 9.43. The van der Waals surface area contributed by atoms with E-state index >= 15 is 0 Å². The number of aromatic nitrogens is 1. The van der Waals surface area contributed by atoms with Crippen LogP contribution in [-0.2, 0) is 6.42 Å². The van der Waals surface area contributed by atoms with Crippen molar-refractivity contribution in [3.63, 3.8) is 0 Å². The molecule has 1 aromatic heterocycles. The van der Waals surface area contributed by atoms with E-state index < -0.39 is 0 Å². The molecule has 15 heavy (non-hydrogen) atoms. The largest absolute Gasteiger partial charge is 0.493 e. The topological polar surface area (TPSA) is 42.1 Å².